The van der Waals surface area contributed by atoms with Gasteiger partial charge in [-0.2, -0.15) is 0 Å². The maximum absolute atomic E-state index is 13.5. The Kier molecular flexibility index (Phi) is 5.70. The molecule has 0 radical (unpaired) electrons. The van der Waals surface area contributed by atoms with Crippen molar-refractivity contribution in [3.8, 4) is 5.75 Å². The third-order valence-electron chi connectivity index (χ3n) is 7.33. The van der Waals surface area contributed by atoms with Crippen molar-refractivity contribution in [3.05, 3.63) is 88.6 Å². The monoisotopic (exact) mass is 483 g/mol. The minimum Gasteiger partial charge on any atom is -0.497 e. The number of benzene rings is 3. The van der Waals surface area contributed by atoms with Gasteiger partial charge < -0.3 is 23.8 Å². The van der Waals surface area contributed by atoms with Crippen LogP contribution in [-0.2, 0) is 16.9 Å². The Labute approximate surface area is 212 Å². The molecule has 1 aromatic heterocycles. The lowest BCUT2D eigenvalue weighted by Gasteiger charge is -2.32. The summed E-state index contributed by atoms with van der Waals surface area (Å²) < 4.78 is 14.3. The van der Waals surface area contributed by atoms with E-state index in [-0.39, 0.29) is 5.97 Å². The second kappa shape index (κ2) is 8.63. The number of anilines is 2. The second-order valence-electron chi connectivity index (χ2n) is 9.74. The lowest BCUT2D eigenvalue weighted by molar-refractivity contribution is 0.0228. The predicted molar refractivity (Wildman–Crippen MR) is 146 cm³/mol. The number of carbonyl (C=O) groups is 1. The van der Waals surface area contributed by atoms with Gasteiger partial charge in [0.15, 0.2) is 0 Å². The van der Waals surface area contributed by atoms with Crippen molar-refractivity contribution in [2.45, 2.75) is 26.0 Å². The summed E-state index contributed by atoms with van der Waals surface area (Å²) in [6.45, 7) is 4.96. The van der Waals surface area contributed by atoms with Crippen molar-refractivity contribution >= 4 is 28.2 Å². The lowest BCUT2D eigenvalue weighted by Crippen LogP contribution is -2.33. The van der Waals surface area contributed by atoms with Crippen LogP contribution in [-0.4, -0.2) is 45.8 Å². The van der Waals surface area contributed by atoms with E-state index < -0.39 is 5.60 Å². The van der Waals surface area contributed by atoms with Crippen molar-refractivity contribution in [2.24, 2.45) is 0 Å². The zero-order chi connectivity index (χ0) is 25.8. The average molecular weight is 484 g/mol. The molecule has 0 aliphatic carbocycles. The van der Waals surface area contributed by atoms with E-state index in [0.717, 1.165) is 50.4 Å². The Morgan fingerprint density at radius 2 is 1.58 bits per heavy atom. The van der Waals surface area contributed by atoms with E-state index in [1.807, 2.05) is 51.3 Å². The topological polar surface area (TPSA) is 46.9 Å². The van der Waals surface area contributed by atoms with Crippen LogP contribution < -0.4 is 14.5 Å². The first-order valence-corrected chi connectivity index (χ1v) is 12.2. The predicted octanol–water partition coefficient (Wildman–Crippen LogP) is 5.57. The molecule has 0 saturated carbocycles. The molecule has 0 N–H and O–H groups in total. The maximum atomic E-state index is 13.5. The first-order valence-electron chi connectivity index (χ1n) is 12.2. The van der Waals surface area contributed by atoms with Gasteiger partial charge in [0.25, 0.3) is 0 Å². The fraction of sp³-hybridized carbons (Fsp3) is 0.300. The van der Waals surface area contributed by atoms with E-state index in [4.69, 9.17) is 9.47 Å². The summed E-state index contributed by atoms with van der Waals surface area (Å²) in [5.74, 6) is 0.486. The Morgan fingerprint density at radius 1 is 0.917 bits per heavy atom. The summed E-state index contributed by atoms with van der Waals surface area (Å²) in [6.07, 6.45) is 0. The van der Waals surface area contributed by atoms with Gasteiger partial charge in [-0.25, -0.2) is 4.79 Å². The van der Waals surface area contributed by atoms with E-state index >= 15 is 0 Å². The van der Waals surface area contributed by atoms with Crippen LogP contribution in [0.4, 0.5) is 11.4 Å². The van der Waals surface area contributed by atoms with Crippen LogP contribution in [0.3, 0.4) is 0 Å². The smallest absolute Gasteiger partial charge is 0.340 e. The van der Waals surface area contributed by atoms with Crippen LogP contribution in [0.5, 0.6) is 5.75 Å². The molecule has 4 aromatic rings. The Bertz CT molecular complexity index is 1470. The third-order valence-corrected chi connectivity index (χ3v) is 7.33. The Balaban J connectivity index is 1.88. The number of aromatic nitrogens is 1. The number of esters is 1. The second-order valence-corrected chi connectivity index (χ2v) is 9.74. The number of hydrogen-bond acceptors (Lipinski definition) is 5. The van der Waals surface area contributed by atoms with Crippen LogP contribution in [0.2, 0.25) is 0 Å². The van der Waals surface area contributed by atoms with Gasteiger partial charge in [-0.3, -0.25) is 0 Å². The standard InChI is InChI=1S/C30H33N3O3/c1-8-33-27-18-23(35-7)14-15-24(27)19(2)28(33)30(20-9-11-21(12-10-20)31(3)4)26-16-13-22(32(5)6)17-25(26)29(34)36-30/h9-18H,8H2,1-7H3. The molecule has 186 valence electrons. The van der Waals surface area contributed by atoms with Gasteiger partial charge in [0.05, 0.1) is 23.9 Å². The number of rotatable bonds is 6. The summed E-state index contributed by atoms with van der Waals surface area (Å²) in [5, 5.41) is 1.12. The SMILES string of the molecule is CCn1c(C2(c3ccc(N(C)C)cc3)OC(=O)c3cc(N(C)C)ccc32)c(C)c2ccc(OC)cc21. The summed E-state index contributed by atoms with van der Waals surface area (Å²) in [5.41, 5.74) is 6.47. The zero-order valence-electron chi connectivity index (χ0n) is 22.0. The van der Waals surface area contributed by atoms with Crippen molar-refractivity contribution in [1.29, 1.82) is 0 Å². The van der Waals surface area contributed by atoms with Gasteiger partial charge in [0, 0.05) is 68.7 Å². The molecule has 36 heavy (non-hydrogen) atoms. The number of nitrogens with zero attached hydrogens (tertiary/aromatic N) is 3. The molecule has 6 nitrogen and oxygen atoms in total. The van der Waals surface area contributed by atoms with Crippen molar-refractivity contribution in [2.75, 3.05) is 45.1 Å². The number of hydrogen-bond donors (Lipinski definition) is 0. The number of methoxy groups -OCH3 is 1. The Morgan fingerprint density at radius 3 is 2.19 bits per heavy atom. The van der Waals surface area contributed by atoms with Crippen molar-refractivity contribution in [1.82, 2.24) is 4.57 Å². The van der Waals surface area contributed by atoms with E-state index in [9.17, 15) is 4.79 Å². The molecule has 1 aliphatic rings. The molecule has 2 heterocycles. The number of ether oxygens (including phenoxy) is 2. The van der Waals surface area contributed by atoms with E-state index in [1.165, 1.54) is 0 Å². The molecule has 3 aromatic carbocycles. The quantitative estimate of drug-likeness (QED) is 0.336. The van der Waals surface area contributed by atoms with Crippen LogP contribution in [0.1, 0.15) is 39.7 Å². The van der Waals surface area contributed by atoms with E-state index in [1.54, 1.807) is 7.11 Å². The largest absolute Gasteiger partial charge is 0.497 e. The fourth-order valence-electron chi connectivity index (χ4n) is 5.47. The molecule has 5 rings (SSSR count). The van der Waals surface area contributed by atoms with Gasteiger partial charge in [0.2, 0.25) is 5.60 Å². The number of aryl methyl sites for hydroxylation is 2. The summed E-state index contributed by atoms with van der Waals surface area (Å²) in [4.78, 5) is 17.6. The molecule has 0 fully saturated rings. The zero-order valence-corrected chi connectivity index (χ0v) is 22.0. The fourth-order valence-corrected chi connectivity index (χ4v) is 5.47. The first-order chi connectivity index (χ1) is 17.2. The minimum absolute atomic E-state index is 0.310. The molecular weight excluding hydrogens is 450 g/mol. The Hall–Kier alpha value is -3.93. The highest BCUT2D eigenvalue weighted by molar-refractivity contribution is 5.98. The molecular formula is C30H33N3O3. The molecule has 0 bridgehead atoms. The molecule has 1 unspecified atom stereocenters. The normalized spacial score (nSPS) is 16.7. The highest BCUT2D eigenvalue weighted by Gasteiger charge is 2.51. The molecule has 6 heteroatoms. The third kappa shape index (κ3) is 3.35. The van der Waals surface area contributed by atoms with Gasteiger partial charge >= 0.3 is 5.97 Å². The maximum Gasteiger partial charge on any atom is 0.340 e. The van der Waals surface area contributed by atoms with Crippen LogP contribution >= 0.6 is 0 Å². The first kappa shape index (κ1) is 23.8. The van der Waals surface area contributed by atoms with Gasteiger partial charge in [-0.1, -0.05) is 18.2 Å². The number of carbonyl (C=O) groups excluding carboxylic acids is 1. The number of cyclic esters (lactones) is 1. The molecule has 0 spiro atoms. The lowest BCUT2D eigenvalue weighted by atomic mass is 9.81. The molecule has 1 aliphatic heterocycles. The average Bonchev–Trinajstić information content (AvgIpc) is 3.34. The van der Waals surface area contributed by atoms with E-state index in [2.05, 4.69) is 65.8 Å². The van der Waals surface area contributed by atoms with Gasteiger partial charge in [-0.15, -0.1) is 0 Å². The van der Waals surface area contributed by atoms with Crippen molar-refractivity contribution in [3.63, 3.8) is 0 Å². The van der Waals surface area contributed by atoms with Crippen LogP contribution in [0.15, 0.2) is 60.7 Å². The van der Waals surface area contributed by atoms with Crippen LogP contribution in [0, 0.1) is 6.92 Å². The van der Waals surface area contributed by atoms with Gasteiger partial charge in [-0.05, 0) is 55.8 Å². The summed E-state index contributed by atoms with van der Waals surface area (Å²) >= 11 is 0. The highest BCUT2D eigenvalue weighted by Crippen LogP contribution is 2.51. The molecule has 0 amide bonds. The summed E-state index contributed by atoms with van der Waals surface area (Å²) in [6, 6.07) is 20.5. The minimum atomic E-state index is -1.07. The highest BCUT2D eigenvalue weighted by atomic mass is 16.6. The van der Waals surface area contributed by atoms with Crippen LogP contribution in [0.25, 0.3) is 10.9 Å². The molecule has 1 atom stereocenters. The molecule has 0 saturated heterocycles. The number of fused-ring (bicyclic) bond motifs is 2. The van der Waals surface area contributed by atoms with Gasteiger partial charge in [0.1, 0.15) is 5.75 Å². The summed E-state index contributed by atoms with van der Waals surface area (Å²) in [7, 11) is 9.67. The van der Waals surface area contributed by atoms with Crippen molar-refractivity contribution < 1.29 is 14.3 Å². The van der Waals surface area contributed by atoms with E-state index in [0.29, 0.717) is 12.1 Å².